The van der Waals surface area contributed by atoms with Gasteiger partial charge in [-0.3, -0.25) is 4.79 Å². The molecule has 34 heavy (non-hydrogen) atoms. The van der Waals surface area contributed by atoms with Crippen LogP contribution >= 0.6 is 11.6 Å². The maximum atomic E-state index is 13.5. The smallest absolute Gasteiger partial charge is 0.368 e. The van der Waals surface area contributed by atoms with Crippen LogP contribution in [0.5, 0.6) is 0 Å². The molecule has 1 aromatic heterocycles. The van der Waals surface area contributed by atoms with E-state index < -0.39 is 11.9 Å². The number of amides is 1. The average molecular weight is 489 g/mol. The highest BCUT2D eigenvalue weighted by molar-refractivity contribution is 6.30. The highest BCUT2D eigenvalue weighted by atomic mass is 35.5. The van der Waals surface area contributed by atoms with E-state index in [0.29, 0.717) is 66.6 Å². The summed E-state index contributed by atoms with van der Waals surface area (Å²) in [4.78, 5) is 17.0. The van der Waals surface area contributed by atoms with Gasteiger partial charge in [0.05, 0.1) is 5.69 Å². The monoisotopic (exact) mass is 488 g/mol. The molecule has 2 heterocycles. The quantitative estimate of drug-likeness (QED) is 0.496. The van der Waals surface area contributed by atoms with Gasteiger partial charge in [0.2, 0.25) is 0 Å². The van der Waals surface area contributed by atoms with Crippen molar-refractivity contribution in [3.63, 3.8) is 0 Å². The maximum absolute atomic E-state index is 13.5. The second-order valence-corrected chi connectivity index (χ2v) is 9.13. The summed E-state index contributed by atoms with van der Waals surface area (Å²) in [5, 5.41) is 4.60. The number of hydrogen-bond acceptors (Lipinski definition) is 3. The lowest BCUT2D eigenvalue weighted by atomic mass is 9.95. The zero-order valence-corrected chi connectivity index (χ0v) is 19.2. The molecule has 1 fully saturated rings. The van der Waals surface area contributed by atoms with Crippen LogP contribution in [0.2, 0.25) is 5.02 Å². The fourth-order valence-corrected chi connectivity index (χ4v) is 4.99. The Morgan fingerprint density at radius 3 is 2.29 bits per heavy atom. The van der Waals surface area contributed by atoms with Crippen LogP contribution in [-0.2, 0) is 19.0 Å². The fourth-order valence-electron chi connectivity index (χ4n) is 4.81. The number of aromatic nitrogens is 2. The molecule has 0 spiro atoms. The number of halogens is 4. The van der Waals surface area contributed by atoms with Crippen molar-refractivity contribution < 1.29 is 18.0 Å². The van der Waals surface area contributed by atoms with Gasteiger partial charge in [-0.05, 0) is 68.1 Å². The van der Waals surface area contributed by atoms with Crippen molar-refractivity contribution in [3.8, 4) is 5.69 Å². The van der Waals surface area contributed by atoms with Gasteiger partial charge in [0.1, 0.15) is 0 Å². The SMILES string of the molecule is O=C(c1ccc(-n2nc(C(F)(F)F)c3c2CCCC3)cc1)N1CCN(c2cccc(Cl)c2)CC1. The number of rotatable bonds is 3. The Labute approximate surface area is 200 Å². The second-order valence-electron chi connectivity index (χ2n) is 8.70. The van der Waals surface area contributed by atoms with Crippen LogP contribution in [0.4, 0.5) is 18.9 Å². The first-order valence-electron chi connectivity index (χ1n) is 11.4. The standard InChI is InChI=1S/C25H24ClF3N4O/c26-18-4-3-5-20(16-18)31-12-14-32(15-13-31)24(34)17-8-10-19(11-9-17)33-22-7-2-1-6-21(22)23(30-33)25(27,28)29/h3-5,8-11,16H,1-2,6-7,12-15H2. The molecule has 9 heteroatoms. The van der Waals surface area contributed by atoms with Crippen LogP contribution < -0.4 is 4.90 Å². The summed E-state index contributed by atoms with van der Waals surface area (Å²) in [6.07, 6.45) is -1.94. The molecule has 1 saturated heterocycles. The highest BCUT2D eigenvalue weighted by Crippen LogP contribution is 2.36. The van der Waals surface area contributed by atoms with Gasteiger partial charge in [0.15, 0.2) is 5.69 Å². The van der Waals surface area contributed by atoms with E-state index in [-0.39, 0.29) is 5.91 Å². The molecule has 5 rings (SSSR count). The number of fused-ring (bicyclic) bond motifs is 1. The number of hydrogen-bond donors (Lipinski definition) is 0. The molecule has 0 saturated carbocycles. The first kappa shape index (κ1) is 22.8. The molecule has 0 radical (unpaired) electrons. The number of carbonyl (C=O) groups is 1. The summed E-state index contributed by atoms with van der Waals surface area (Å²) < 4.78 is 41.9. The Bertz CT molecular complexity index is 1200. The molecular weight excluding hydrogens is 465 g/mol. The van der Waals surface area contributed by atoms with Crippen LogP contribution in [0, 0.1) is 0 Å². The van der Waals surface area contributed by atoms with Crippen molar-refractivity contribution in [3.05, 3.63) is 76.1 Å². The number of nitrogens with zero attached hydrogens (tertiary/aromatic N) is 4. The van der Waals surface area contributed by atoms with Gasteiger partial charge in [-0.15, -0.1) is 0 Å². The van der Waals surface area contributed by atoms with Gasteiger partial charge in [-0.25, -0.2) is 4.68 Å². The Hall–Kier alpha value is -3.00. The van der Waals surface area contributed by atoms with Crippen LogP contribution in [0.25, 0.3) is 5.69 Å². The van der Waals surface area contributed by atoms with Crippen LogP contribution in [0.1, 0.15) is 40.2 Å². The Kier molecular flexibility index (Phi) is 6.02. The normalized spacial score (nSPS) is 16.5. The summed E-state index contributed by atoms with van der Waals surface area (Å²) in [6, 6.07) is 14.4. The summed E-state index contributed by atoms with van der Waals surface area (Å²) >= 11 is 6.09. The van der Waals surface area contributed by atoms with Crippen LogP contribution in [0.3, 0.4) is 0 Å². The molecular formula is C25H24ClF3N4O. The molecule has 1 aliphatic heterocycles. The van der Waals surface area contributed by atoms with Crippen molar-refractivity contribution in [2.75, 3.05) is 31.1 Å². The number of piperazine rings is 1. The van der Waals surface area contributed by atoms with Crippen molar-refractivity contribution >= 4 is 23.2 Å². The lowest BCUT2D eigenvalue weighted by molar-refractivity contribution is -0.142. The molecule has 1 amide bonds. The minimum atomic E-state index is -4.48. The summed E-state index contributed by atoms with van der Waals surface area (Å²) in [5.74, 6) is -0.0873. The Morgan fingerprint density at radius 1 is 0.912 bits per heavy atom. The van der Waals surface area contributed by atoms with Crippen molar-refractivity contribution in [2.24, 2.45) is 0 Å². The minimum absolute atomic E-state index is 0.0873. The molecule has 0 N–H and O–H groups in total. The lowest BCUT2D eigenvalue weighted by Gasteiger charge is -2.36. The molecule has 0 bridgehead atoms. The van der Waals surface area contributed by atoms with E-state index >= 15 is 0 Å². The Balaban J connectivity index is 1.31. The van der Waals surface area contributed by atoms with Gasteiger partial charge in [-0.1, -0.05) is 17.7 Å². The molecule has 0 atom stereocenters. The van der Waals surface area contributed by atoms with E-state index in [0.717, 1.165) is 18.5 Å². The van der Waals surface area contributed by atoms with Gasteiger partial charge < -0.3 is 9.80 Å². The van der Waals surface area contributed by atoms with E-state index in [1.54, 1.807) is 29.2 Å². The van der Waals surface area contributed by atoms with Gasteiger partial charge in [-0.2, -0.15) is 18.3 Å². The second kappa shape index (κ2) is 8.98. The maximum Gasteiger partial charge on any atom is 0.435 e. The highest BCUT2D eigenvalue weighted by Gasteiger charge is 2.39. The number of anilines is 1. The van der Waals surface area contributed by atoms with Crippen molar-refractivity contribution in [1.29, 1.82) is 0 Å². The topological polar surface area (TPSA) is 41.4 Å². The van der Waals surface area contributed by atoms with Gasteiger partial charge >= 0.3 is 6.18 Å². The van der Waals surface area contributed by atoms with Gasteiger partial charge in [0.25, 0.3) is 5.91 Å². The largest absolute Gasteiger partial charge is 0.435 e. The zero-order valence-electron chi connectivity index (χ0n) is 18.5. The third-order valence-corrected chi connectivity index (χ3v) is 6.78. The number of alkyl halides is 3. The molecule has 1 aliphatic carbocycles. The molecule has 178 valence electrons. The first-order chi connectivity index (χ1) is 16.3. The summed E-state index contributed by atoms with van der Waals surface area (Å²) in [6.45, 7) is 2.55. The minimum Gasteiger partial charge on any atom is -0.368 e. The predicted octanol–water partition coefficient (Wildman–Crippen LogP) is 5.39. The third kappa shape index (κ3) is 4.39. The number of benzene rings is 2. The Morgan fingerprint density at radius 2 is 1.62 bits per heavy atom. The van der Waals surface area contributed by atoms with Crippen molar-refractivity contribution in [2.45, 2.75) is 31.9 Å². The zero-order chi connectivity index (χ0) is 23.9. The number of carbonyl (C=O) groups excluding carboxylic acids is 1. The summed E-state index contributed by atoms with van der Waals surface area (Å²) in [7, 11) is 0. The van der Waals surface area contributed by atoms with E-state index in [2.05, 4.69) is 10.00 Å². The molecule has 3 aromatic rings. The lowest BCUT2D eigenvalue weighted by Crippen LogP contribution is -2.48. The fraction of sp³-hybridized carbons (Fsp3) is 0.360. The van der Waals surface area contributed by atoms with Crippen LogP contribution in [-0.4, -0.2) is 46.8 Å². The van der Waals surface area contributed by atoms with Crippen molar-refractivity contribution in [1.82, 2.24) is 14.7 Å². The van der Waals surface area contributed by atoms with E-state index in [1.807, 2.05) is 24.3 Å². The van der Waals surface area contributed by atoms with E-state index in [9.17, 15) is 18.0 Å². The third-order valence-electron chi connectivity index (χ3n) is 6.55. The molecule has 5 nitrogen and oxygen atoms in total. The molecule has 2 aliphatic rings. The molecule has 0 unspecified atom stereocenters. The predicted molar refractivity (Wildman–Crippen MR) is 125 cm³/mol. The van der Waals surface area contributed by atoms with E-state index in [1.165, 1.54) is 4.68 Å². The summed E-state index contributed by atoms with van der Waals surface area (Å²) in [5.41, 5.74) is 2.21. The average Bonchev–Trinajstić information content (AvgIpc) is 3.24. The molecule has 2 aromatic carbocycles. The first-order valence-corrected chi connectivity index (χ1v) is 11.8. The van der Waals surface area contributed by atoms with Crippen LogP contribution in [0.15, 0.2) is 48.5 Å². The van der Waals surface area contributed by atoms with E-state index in [4.69, 9.17) is 11.6 Å². The van der Waals surface area contributed by atoms with Gasteiger partial charge in [0, 0.05) is 53.7 Å².